The van der Waals surface area contributed by atoms with Gasteiger partial charge in [0.25, 0.3) is 0 Å². The molecule has 80 valence electrons. The summed E-state index contributed by atoms with van der Waals surface area (Å²) in [5, 5.41) is 0. The molecule has 2 unspecified atom stereocenters. The van der Waals surface area contributed by atoms with Crippen LogP contribution in [0.15, 0.2) is 4.99 Å². The van der Waals surface area contributed by atoms with Crippen LogP contribution < -0.4 is 0 Å². The van der Waals surface area contributed by atoms with Gasteiger partial charge in [0.2, 0.25) is 6.08 Å². The fourth-order valence-electron chi connectivity index (χ4n) is 2.57. The van der Waals surface area contributed by atoms with Crippen LogP contribution in [0.3, 0.4) is 0 Å². The molecule has 1 fully saturated rings. The van der Waals surface area contributed by atoms with Crippen LogP contribution in [0.5, 0.6) is 0 Å². The van der Waals surface area contributed by atoms with Crippen molar-refractivity contribution < 1.29 is 4.79 Å². The van der Waals surface area contributed by atoms with Crippen LogP contribution in [0.4, 0.5) is 0 Å². The molecule has 14 heavy (non-hydrogen) atoms. The lowest BCUT2D eigenvalue weighted by molar-refractivity contribution is -0.00779. The Balaban J connectivity index is 2.88. The smallest absolute Gasteiger partial charge is 0.211 e. The van der Waals surface area contributed by atoms with Gasteiger partial charge in [-0.05, 0) is 23.2 Å². The first-order valence-electron chi connectivity index (χ1n) is 5.48. The molecular weight excluding hydrogens is 174 g/mol. The molecule has 0 saturated heterocycles. The second kappa shape index (κ2) is 3.86. The minimum atomic E-state index is 0.169. The third-order valence-electron chi connectivity index (χ3n) is 4.65. The molecule has 1 aliphatic carbocycles. The minimum absolute atomic E-state index is 0.169. The fraction of sp³-hybridized carbons (Fsp3) is 0.917. The van der Waals surface area contributed by atoms with Gasteiger partial charge in [0.05, 0.1) is 6.54 Å². The zero-order chi connectivity index (χ0) is 10.8. The van der Waals surface area contributed by atoms with Crippen LogP contribution in [-0.4, -0.2) is 12.6 Å². The average Bonchev–Trinajstić information content (AvgIpc) is 2.12. The Kier molecular flexibility index (Phi) is 3.16. The molecule has 0 heterocycles. The molecule has 0 radical (unpaired) electrons. The van der Waals surface area contributed by atoms with E-state index in [2.05, 4.69) is 32.7 Å². The summed E-state index contributed by atoms with van der Waals surface area (Å²) in [5.41, 5.74) is 0.438. The molecule has 1 aliphatic rings. The molecule has 0 spiro atoms. The zero-order valence-corrected chi connectivity index (χ0v) is 9.76. The highest BCUT2D eigenvalue weighted by atomic mass is 16.1. The minimum Gasteiger partial charge on any atom is -0.211 e. The average molecular weight is 195 g/mol. The molecule has 0 aromatic carbocycles. The van der Waals surface area contributed by atoms with Crippen LogP contribution >= 0.6 is 0 Å². The topological polar surface area (TPSA) is 29.4 Å². The Hall–Kier alpha value is -0.620. The Morgan fingerprint density at radius 1 is 1.43 bits per heavy atom. The zero-order valence-electron chi connectivity index (χ0n) is 9.76. The number of rotatable bonds is 2. The van der Waals surface area contributed by atoms with Gasteiger partial charge in [0.15, 0.2) is 0 Å². The van der Waals surface area contributed by atoms with E-state index in [-0.39, 0.29) is 10.8 Å². The lowest BCUT2D eigenvalue weighted by Gasteiger charge is -2.51. The highest BCUT2D eigenvalue weighted by Gasteiger charge is 2.46. The summed E-state index contributed by atoms with van der Waals surface area (Å²) >= 11 is 0. The molecule has 2 atom stereocenters. The summed E-state index contributed by atoms with van der Waals surface area (Å²) in [6.45, 7) is 9.80. The van der Waals surface area contributed by atoms with Crippen LogP contribution in [-0.2, 0) is 4.79 Å². The molecule has 0 aromatic heterocycles. The predicted molar refractivity (Wildman–Crippen MR) is 57.9 cm³/mol. The summed E-state index contributed by atoms with van der Waals surface area (Å²) in [4.78, 5) is 14.0. The van der Waals surface area contributed by atoms with E-state index in [0.717, 1.165) is 0 Å². The molecular formula is C12H21NO. The molecule has 0 aliphatic heterocycles. The third-order valence-corrected chi connectivity index (χ3v) is 4.65. The molecule has 0 N–H and O–H groups in total. The summed E-state index contributed by atoms with van der Waals surface area (Å²) < 4.78 is 0. The monoisotopic (exact) mass is 195 g/mol. The first-order valence-corrected chi connectivity index (χ1v) is 5.48. The van der Waals surface area contributed by atoms with Gasteiger partial charge in [-0.3, -0.25) is 0 Å². The van der Waals surface area contributed by atoms with Gasteiger partial charge in [-0.2, -0.15) is 0 Å². The van der Waals surface area contributed by atoms with Crippen molar-refractivity contribution in [2.24, 2.45) is 21.7 Å². The van der Waals surface area contributed by atoms with Gasteiger partial charge in [-0.25, -0.2) is 9.79 Å². The molecule has 2 nitrogen and oxygen atoms in total. The Morgan fingerprint density at radius 3 is 2.64 bits per heavy atom. The third kappa shape index (κ3) is 1.76. The van der Waals surface area contributed by atoms with Gasteiger partial charge in [-0.1, -0.05) is 40.5 Å². The van der Waals surface area contributed by atoms with E-state index in [1.807, 2.05) is 0 Å². The van der Waals surface area contributed by atoms with Gasteiger partial charge in [-0.15, -0.1) is 0 Å². The molecule has 1 rings (SSSR count). The van der Waals surface area contributed by atoms with Crippen molar-refractivity contribution in [1.29, 1.82) is 0 Å². The number of carbonyl (C=O) groups excluding carboxylic acids is 1. The van der Waals surface area contributed by atoms with Gasteiger partial charge in [0, 0.05) is 0 Å². The molecule has 2 heteroatoms. The maximum absolute atomic E-state index is 10.2. The van der Waals surface area contributed by atoms with Crippen molar-refractivity contribution >= 4 is 6.08 Å². The van der Waals surface area contributed by atoms with Gasteiger partial charge in [0.1, 0.15) is 0 Å². The van der Waals surface area contributed by atoms with E-state index in [1.165, 1.54) is 19.3 Å². The molecule has 1 saturated carbocycles. The first-order chi connectivity index (χ1) is 6.44. The van der Waals surface area contributed by atoms with Crippen molar-refractivity contribution in [2.45, 2.75) is 47.0 Å². The number of isocyanates is 1. The summed E-state index contributed by atoms with van der Waals surface area (Å²) in [5.74, 6) is 0.711. The van der Waals surface area contributed by atoms with Gasteiger partial charge >= 0.3 is 0 Å². The number of hydrogen-bond acceptors (Lipinski definition) is 2. The van der Waals surface area contributed by atoms with Crippen LogP contribution in [0.25, 0.3) is 0 Å². The standard InChI is InChI=1S/C12H21NO/c1-10-6-5-7-12(4,8-13-9-14)11(10,2)3/h10H,5-8H2,1-4H3. The summed E-state index contributed by atoms with van der Waals surface area (Å²) in [7, 11) is 0. The first kappa shape index (κ1) is 11.5. The van der Waals surface area contributed by atoms with E-state index in [4.69, 9.17) is 0 Å². The lowest BCUT2D eigenvalue weighted by Crippen LogP contribution is -2.45. The van der Waals surface area contributed by atoms with E-state index in [9.17, 15) is 4.79 Å². The largest absolute Gasteiger partial charge is 0.234 e. The number of aliphatic imine (C=N–C) groups is 1. The summed E-state index contributed by atoms with van der Waals surface area (Å²) in [6, 6.07) is 0. The maximum Gasteiger partial charge on any atom is 0.234 e. The highest BCUT2D eigenvalue weighted by molar-refractivity contribution is 5.33. The molecule has 0 amide bonds. The number of nitrogens with zero attached hydrogens (tertiary/aromatic N) is 1. The lowest BCUT2D eigenvalue weighted by atomic mass is 9.54. The highest BCUT2D eigenvalue weighted by Crippen LogP contribution is 2.53. The number of hydrogen-bond donors (Lipinski definition) is 0. The van der Waals surface area contributed by atoms with E-state index in [1.54, 1.807) is 6.08 Å². The van der Waals surface area contributed by atoms with Gasteiger partial charge < -0.3 is 0 Å². The Labute approximate surface area is 86.8 Å². The van der Waals surface area contributed by atoms with E-state index >= 15 is 0 Å². The second-order valence-corrected chi connectivity index (χ2v) is 5.48. The maximum atomic E-state index is 10.2. The van der Waals surface area contributed by atoms with Crippen molar-refractivity contribution in [3.63, 3.8) is 0 Å². The van der Waals surface area contributed by atoms with Crippen molar-refractivity contribution in [3.8, 4) is 0 Å². The Bertz CT molecular complexity index is 253. The second-order valence-electron chi connectivity index (χ2n) is 5.48. The van der Waals surface area contributed by atoms with Crippen LogP contribution in [0.2, 0.25) is 0 Å². The van der Waals surface area contributed by atoms with E-state index in [0.29, 0.717) is 12.5 Å². The quantitative estimate of drug-likeness (QED) is 0.491. The normalized spacial score (nSPS) is 36.1. The van der Waals surface area contributed by atoms with Crippen LogP contribution in [0, 0.1) is 16.7 Å². The fourth-order valence-corrected chi connectivity index (χ4v) is 2.57. The van der Waals surface area contributed by atoms with Crippen molar-refractivity contribution in [2.75, 3.05) is 6.54 Å². The Morgan fingerprint density at radius 2 is 2.07 bits per heavy atom. The predicted octanol–water partition coefficient (Wildman–Crippen LogP) is 3.17. The SMILES string of the molecule is CC1CCCC(C)(CN=C=O)C1(C)C. The van der Waals surface area contributed by atoms with Crippen molar-refractivity contribution in [3.05, 3.63) is 0 Å². The van der Waals surface area contributed by atoms with E-state index < -0.39 is 0 Å². The van der Waals surface area contributed by atoms with Crippen LogP contribution in [0.1, 0.15) is 47.0 Å². The molecule has 0 aromatic rings. The van der Waals surface area contributed by atoms with Crippen molar-refractivity contribution in [1.82, 2.24) is 0 Å². The summed E-state index contributed by atoms with van der Waals surface area (Å²) in [6.07, 6.45) is 5.40. The molecule has 0 bridgehead atoms.